The molecule has 0 aromatic heterocycles. The molecule has 0 fully saturated rings. The van der Waals surface area contributed by atoms with Crippen molar-refractivity contribution in [3.8, 4) is 0 Å². The number of amides is 4. The average molecular weight is 543 g/mol. The van der Waals surface area contributed by atoms with Gasteiger partial charge in [-0.25, -0.2) is 0 Å². The molecule has 0 saturated carbocycles. The van der Waals surface area contributed by atoms with Crippen LogP contribution >= 0.6 is 0 Å². The molecule has 1 spiro atoms. The Labute approximate surface area is 236 Å². The molecule has 3 aliphatic heterocycles. The molecular weight excluding hydrogens is 516 g/mol. The van der Waals surface area contributed by atoms with Gasteiger partial charge in [-0.2, -0.15) is 0 Å². The minimum Gasteiger partial charge on any atom is -0.350 e. The Balaban J connectivity index is 1.35. The molecule has 4 aromatic carbocycles. The molecule has 8 nitrogen and oxygen atoms in total. The number of anilines is 3. The third-order valence-corrected chi connectivity index (χ3v) is 8.24. The quantitative estimate of drug-likeness (QED) is 0.372. The number of para-hydroxylation sites is 3. The van der Waals surface area contributed by atoms with Crippen molar-refractivity contribution in [2.24, 2.45) is 0 Å². The Kier molecular flexibility index (Phi) is 5.37. The number of benzene rings is 4. The first-order valence-corrected chi connectivity index (χ1v) is 13.5. The van der Waals surface area contributed by atoms with Crippen molar-refractivity contribution in [3.63, 3.8) is 0 Å². The minimum absolute atomic E-state index is 0.0103. The molecule has 4 aromatic rings. The molecule has 7 rings (SSSR count). The van der Waals surface area contributed by atoms with Gasteiger partial charge < -0.3 is 10.2 Å². The summed E-state index contributed by atoms with van der Waals surface area (Å²) in [5, 5.41) is 3.47. The van der Waals surface area contributed by atoms with Crippen molar-refractivity contribution in [3.05, 3.63) is 124 Å². The van der Waals surface area contributed by atoms with Gasteiger partial charge in [-0.15, -0.1) is 0 Å². The van der Waals surface area contributed by atoms with Gasteiger partial charge in [-0.3, -0.25) is 29.0 Å². The van der Waals surface area contributed by atoms with Crippen LogP contribution in [0.4, 0.5) is 17.1 Å². The first-order chi connectivity index (χ1) is 19.8. The summed E-state index contributed by atoms with van der Waals surface area (Å²) in [6.45, 7) is 3.93. The summed E-state index contributed by atoms with van der Waals surface area (Å²) in [6, 6.07) is 27.1. The van der Waals surface area contributed by atoms with Crippen molar-refractivity contribution < 1.29 is 19.2 Å². The van der Waals surface area contributed by atoms with Gasteiger partial charge in [0, 0.05) is 24.3 Å². The van der Waals surface area contributed by atoms with E-state index in [9.17, 15) is 19.2 Å². The van der Waals surface area contributed by atoms with Gasteiger partial charge >= 0.3 is 0 Å². The van der Waals surface area contributed by atoms with E-state index >= 15 is 0 Å². The van der Waals surface area contributed by atoms with Crippen LogP contribution in [0.5, 0.6) is 0 Å². The number of carbonyl (C=O) groups is 4. The monoisotopic (exact) mass is 542 g/mol. The molecule has 3 aliphatic rings. The SMILES string of the molecule is Cc1cccc(C)c1N1C(=O)c2ccccc2N[C@@]12C(=O)N(CCN1C(=O)c3ccccc3C1=O)c1ccccc12. The molecule has 202 valence electrons. The Morgan fingerprint density at radius 2 is 1.17 bits per heavy atom. The lowest BCUT2D eigenvalue weighted by Gasteiger charge is -2.46. The summed E-state index contributed by atoms with van der Waals surface area (Å²) < 4.78 is 0. The summed E-state index contributed by atoms with van der Waals surface area (Å²) in [6.07, 6.45) is 0. The van der Waals surface area contributed by atoms with E-state index in [0.29, 0.717) is 39.3 Å². The van der Waals surface area contributed by atoms with Crippen LogP contribution in [-0.2, 0) is 10.5 Å². The predicted molar refractivity (Wildman–Crippen MR) is 155 cm³/mol. The number of carbonyl (C=O) groups excluding carboxylic acids is 4. The molecule has 0 bridgehead atoms. The van der Waals surface area contributed by atoms with Crippen LogP contribution in [0.3, 0.4) is 0 Å². The van der Waals surface area contributed by atoms with E-state index in [2.05, 4.69) is 5.32 Å². The highest BCUT2D eigenvalue weighted by Crippen LogP contribution is 2.50. The van der Waals surface area contributed by atoms with Gasteiger partial charge in [0.2, 0.25) is 5.66 Å². The molecule has 0 aliphatic carbocycles. The second-order valence-electron chi connectivity index (χ2n) is 10.5. The van der Waals surface area contributed by atoms with Gasteiger partial charge in [0.05, 0.1) is 28.1 Å². The lowest BCUT2D eigenvalue weighted by Crippen LogP contribution is -2.63. The van der Waals surface area contributed by atoms with Crippen LogP contribution < -0.4 is 15.1 Å². The van der Waals surface area contributed by atoms with Gasteiger partial charge in [0.15, 0.2) is 0 Å². The van der Waals surface area contributed by atoms with Crippen LogP contribution in [0, 0.1) is 13.8 Å². The molecule has 3 heterocycles. The maximum absolute atomic E-state index is 14.8. The zero-order valence-electron chi connectivity index (χ0n) is 22.5. The summed E-state index contributed by atoms with van der Waals surface area (Å²) >= 11 is 0. The number of aryl methyl sites for hydroxylation is 2. The maximum Gasteiger partial charge on any atom is 0.279 e. The van der Waals surface area contributed by atoms with Crippen LogP contribution in [0.25, 0.3) is 0 Å². The van der Waals surface area contributed by atoms with Crippen LogP contribution in [0.1, 0.15) is 47.8 Å². The van der Waals surface area contributed by atoms with Crippen molar-refractivity contribution >= 4 is 40.7 Å². The molecule has 8 heteroatoms. The van der Waals surface area contributed by atoms with Gasteiger partial charge in [0.25, 0.3) is 23.6 Å². The zero-order chi connectivity index (χ0) is 28.5. The van der Waals surface area contributed by atoms with E-state index in [1.165, 1.54) is 4.90 Å². The molecular formula is C33H26N4O4. The zero-order valence-corrected chi connectivity index (χ0v) is 22.5. The molecule has 0 saturated heterocycles. The van der Waals surface area contributed by atoms with E-state index in [4.69, 9.17) is 0 Å². The fraction of sp³-hybridized carbons (Fsp3) is 0.152. The maximum atomic E-state index is 14.8. The lowest BCUT2D eigenvalue weighted by atomic mass is 9.90. The van der Waals surface area contributed by atoms with Gasteiger partial charge in [0.1, 0.15) is 0 Å². The Morgan fingerprint density at radius 3 is 1.85 bits per heavy atom. The van der Waals surface area contributed by atoms with Crippen LogP contribution in [0.15, 0.2) is 91.0 Å². The normalized spacial score (nSPS) is 19.0. The highest BCUT2D eigenvalue weighted by atomic mass is 16.2. The largest absolute Gasteiger partial charge is 0.350 e. The molecule has 0 unspecified atom stereocenters. The van der Waals surface area contributed by atoms with Crippen molar-refractivity contribution in [1.82, 2.24) is 4.90 Å². The average Bonchev–Trinajstić information content (AvgIpc) is 3.36. The number of rotatable bonds is 4. The minimum atomic E-state index is -1.57. The number of hydrogen-bond acceptors (Lipinski definition) is 5. The smallest absolute Gasteiger partial charge is 0.279 e. The first kappa shape index (κ1) is 24.8. The van der Waals surface area contributed by atoms with Crippen molar-refractivity contribution in [2.45, 2.75) is 19.5 Å². The van der Waals surface area contributed by atoms with E-state index in [0.717, 1.165) is 11.1 Å². The highest BCUT2D eigenvalue weighted by molar-refractivity contribution is 6.23. The number of hydrogen-bond donors (Lipinski definition) is 1. The summed E-state index contributed by atoms with van der Waals surface area (Å²) in [5.74, 6) is -1.41. The fourth-order valence-electron chi connectivity index (χ4n) is 6.37. The number of imide groups is 1. The van der Waals surface area contributed by atoms with Crippen LogP contribution in [-0.4, -0.2) is 41.6 Å². The third kappa shape index (κ3) is 3.34. The van der Waals surface area contributed by atoms with E-state index in [1.807, 2.05) is 62.4 Å². The van der Waals surface area contributed by atoms with E-state index < -0.39 is 5.66 Å². The summed E-state index contributed by atoms with van der Waals surface area (Å²) in [4.78, 5) is 59.6. The topological polar surface area (TPSA) is 90.0 Å². The van der Waals surface area contributed by atoms with Gasteiger partial charge in [-0.1, -0.05) is 60.7 Å². The Bertz CT molecular complexity index is 1760. The standard InChI is InChI=1S/C33H26N4O4/c1-20-10-9-11-21(2)28(20)37-31(40)24-14-5-7-16-26(24)34-33(37)25-15-6-8-17-27(25)35(32(33)41)18-19-36-29(38)22-12-3-4-13-23(22)30(36)39/h3-17,34H,18-19H2,1-2H3/t33-/m1/s1. The fourth-order valence-corrected chi connectivity index (χ4v) is 6.37. The molecule has 1 atom stereocenters. The summed E-state index contributed by atoms with van der Waals surface area (Å²) in [7, 11) is 0. The van der Waals surface area contributed by atoms with Crippen LogP contribution in [0.2, 0.25) is 0 Å². The number of nitrogens with one attached hydrogen (secondary N) is 1. The van der Waals surface area contributed by atoms with Crippen molar-refractivity contribution in [2.75, 3.05) is 28.2 Å². The highest BCUT2D eigenvalue weighted by Gasteiger charge is 2.60. The van der Waals surface area contributed by atoms with E-state index in [-0.39, 0.29) is 36.7 Å². The summed E-state index contributed by atoms with van der Waals surface area (Å²) in [5.41, 5.74) is 3.79. The van der Waals surface area contributed by atoms with Crippen molar-refractivity contribution in [1.29, 1.82) is 0 Å². The Hall–Kier alpha value is -5.24. The second-order valence-corrected chi connectivity index (χ2v) is 10.5. The molecule has 4 amide bonds. The third-order valence-electron chi connectivity index (χ3n) is 8.24. The first-order valence-electron chi connectivity index (χ1n) is 13.5. The predicted octanol–water partition coefficient (Wildman–Crippen LogP) is 4.87. The Morgan fingerprint density at radius 1 is 0.610 bits per heavy atom. The van der Waals surface area contributed by atoms with E-state index in [1.54, 1.807) is 52.3 Å². The molecule has 1 N–H and O–H groups in total. The number of fused-ring (bicyclic) bond motifs is 4. The van der Waals surface area contributed by atoms with Gasteiger partial charge in [-0.05, 0) is 55.3 Å². The second kappa shape index (κ2) is 8.89. The molecule has 41 heavy (non-hydrogen) atoms. The number of nitrogens with zero attached hydrogens (tertiary/aromatic N) is 3. The lowest BCUT2D eigenvalue weighted by molar-refractivity contribution is -0.122. The molecule has 0 radical (unpaired) electrons.